The number of non-ortho nitro benzene ring substituents is 1. The molecule has 21 heavy (non-hydrogen) atoms. The Labute approximate surface area is 134 Å². The molecule has 1 aromatic heterocycles. The monoisotopic (exact) mass is 390 g/mol. The Bertz CT molecular complexity index is 784. The molecule has 0 bridgehead atoms. The van der Waals surface area contributed by atoms with Crippen LogP contribution in [0, 0.1) is 17.0 Å². The minimum atomic E-state index is -3.69. The van der Waals surface area contributed by atoms with Crippen LogP contribution in [0.4, 0.5) is 11.4 Å². The number of hydrogen-bond donors (Lipinski definition) is 0. The molecule has 0 saturated heterocycles. The second-order valence-electron chi connectivity index (χ2n) is 4.22. The molecule has 0 atom stereocenters. The lowest BCUT2D eigenvalue weighted by molar-refractivity contribution is -0.384. The summed E-state index contributed by atoms with van der Waals surface area (Å²) in [7, 11) is -2.27. The third kappa shape index (κ3) is 3.09. The molecule has 6 nitrogen and oxygen atoms in total. The third-order valence-corrected chi connectivity index (χ3v) is 6.50. The van der Waals surface area contributed by atoms with Gasteiger partial charge in [0.2, 0.25) is 0 Å². The fourth-order valence-electron chi connectivity index (χ4n) is 1.76. The van der Waals surface area contributed by atoms with Crippen molar-refractivity contribution < 1.29 is 13.3 Å². The van der Waals surface area contributed by atoms with Crippen molar-refractivity contribution in [3.63, 3.8) is 0 Å². The van der Waals surface area contributed by atoms with Crippen molar-refractivity contribution in [2.24, 2.45) is 0 Å². The molecule has 0 saturated carbocycles. The summed E-state index contributed by atoms with van der Waals surface area (Å²) < 4.78 is 27.0. The standard InChI is InChI=1S/C12H11BrN2O4S2/c1-8-11(7-12(13)20-8)21(18,19)14(2)9-3-5-10(6-4-9)15(16)17/h3-7H,1-2H3. The highest BCUT2D eigenvalue weighted by molar-refractivity contribution is 9.11. The van der Waals surface area contributed by atoms with E-state index in [0.29, 0.717) is 10.6 Å². The molecule has 112 valence electrons. The summed E-state index contributed by atoms with van der Waals surface area (Å²) in [6, 6.07) is 6.92. The van der Waals surface area contributed by atoms with Crippen LogP contribution in [-0.4, -0.2) is 20.4 Å². The van der Waals surface area contributed by atoms with Crippen LogP contribution < -0.4 is 4.31 Å². The molecule has 0 N–H and O–H groups in total. The second-order valence-corrected chi connectivity index (χ2v) is 8.79. The van der Waals surface area contributed by atoms with Gasteiger partial charge in [-0.2, -0.15) is 0 Å². The zero-order chi connectivity index (χ0) is 15.8. The molecular formula is C12H11BrN2O4S2. The number of nitro benzene ring substituents is 1. The molecule has 0 aliphatic carbocycles. The van der Waals surface area contributed by atoms with Crippen LogP contribution in [0.2, 0.25) is 0 Å². The smallest absolute Gasteiger partial charge is 0.269 e. The highest BCUT2D eigenvalue weighted by Crippen LogP contribution is 2.33. The molecule has 0 radical (unpaired) electrons. The fourth-order valence-corrected chi connectivity index (χ4v) is 5.33. The minimum Gasteiger partial charge on any atom is -0.269 e. The highest BCUT2D eigenvalue weighted by Gasteiger charge is 2.25. The number of hydrogen-bond acceptors (Lipinski definition) is 5. The van der Waals surface area contributed by atoms with Crippen LogP contribution in [0.1, 0.15) is 4.88 Å². The Morgan fingerprint density at radius 1 is 1.29 bits per heavy atom. The van der Waals surface area contributed by atoms with Crippen LogP contribution in [0.3, 0.4) is 0 Å². The topological polar surface area (TPSA) is 80.5 Å². The van der Waals surface area contributed by atoms with E-state index < -0.39 is 14.9 Å². The number of rotatable bonds is 4. The van der Waals surface area contributed by atoms with Crippen LogP contribution in [0.15, 0.2) is 39.0 Å². The summed E-state index contributed by atoms with van der Waals surface area (Å²) in [5.74, 6) is 0. The largest absolute Gasteiger partial charge is 0.269 e. The number of aryl methyl sites for hydroxylation is 1. The molecule has 1 aromatic carbocycles. The Hall–Kier alpha value is -1.45. The number of thiophene rings is 1. The summed E-state index contributed by atoms with van der Waals surface area (Å²) in [4.78, 5) is 11.0. The lowest BCUT2D eigenvalue weighted by atomic mass is 10.3. The van der Waals surface area contributed by atoms with Crippen LogP contribution in [0.25, 0.3) is 0 Å². The first-order valence-corrected chi connectivity index (χ1v) is 8.78. The molecular weight excluding hydrogens is 380 g/mol. The predicted molar refractivity (Wildman–Crippen MR) is 85.4 cm³/mol. The summed E-state index contributed by atoms with van der Waals surface area (Å²) >= 11 is 4.60. The van der Waals surface area contributed by atoms with Crippen LogP contribution in [0.5, 0.6) is 0 Å². The van der Waals surface area contributed by atoms with Gasteiger partial charge in [0.05, 0.1) is 14.4 Å². The number of nitro groups is 1. The molecule has 1 heterocycles. The number of nitrogens with zero attached hydrogens (tertiary/aromatic N) is 2. The first kappa shape index (κ1) is 15.9. The van der Waals surface area contributed by atoms with Crippen molar-refractivity contribution in [2.45, 2.75) is 11.8 Å². The Kier molecular flexibility index (Phi) is 4.35. The van der Waals surface area contributed by atoms with Crippen molar-refractivity contribution in [3.05, 3.63) is 49.1 Å². The van der Waals surface area contributed by atoms with E-state index in [1.165, 1.54) is 42.6 Å². The molecule has 0 aliphatic rings. The third-order valence-electron chi connectivity index (χ3n) is 2.90. The van der Waals surface area contributed by atoms with Crippen molar-refractivity contribution in [2.75, 3.05) is 11.4 Å². The van der Waals surface area contributed by atoms with Crippen molar-refractivity contribution >= 4 is 48.7 Å². The molecule has 9 heteroatoms. The Morgan fingerprint density at radius 3 is 2.29 bits per heavy atom. The van der Waals surface area contributed by atoms with Gasteiger partial charge in [-0.25, -0.2) is 8.42 Å². The second kappa shape index (κ2) is 5.74. The van der Waals surface area contributed by atoms with Gasteiger partial charge in [0, 0.05) is 24.1 Å². The number of halogens is 1. The fraction of sp³-hybridized carbons (Fsp3) is 0.167. The summed E-state index contributed by atoms with van der Waals surface area (Å²) in [6.45, 7) is 1.73. The molecule has 0 fully saturated rings. The summed E-state index contributed by atoms with van der Waals surface area (Å²) in [5, 5.41) is 10.6. The number of benzene rings is 1. The Balaban J connectivity index is 2.40. The zero-order valence-corrected chi connectivity index (χ0v) is 14.3. The van der Waals surface area contributed by atoms with Gasteiger partial charge in [-0.1, -0.05) is 0 Å². The van der Waals surface area contributed by atoms with E-state index in [1.807, 2.05) is 0 Å². The lowest BCUT2D eigenvalue weighted by Crippen LogP contribution is -2.26. The number of anilines is 1. The minimum absolute atomic E-state index is 0.0843. The molecule has 0 spiro atoms. The van der Waals surface area contributed by atoms with E-state index in [9.17, 15) is 18.5 Å². The summed E-state index contributed by atoms with van der Waals surface area (Å²) in [6.07, 6.45) is 0. The highest BCUT2D eigenvalue weighted by atomic mass is 79.9. The molecule has 0 aliphatic heterocycles. The van der Waals surface area contributed by atoms with Gasteiger partial charge >= 0.3 is 0 Å². The first-order chi connectivity index (χ1) is 9.73. The van der Waals surface area contributed by atoms with E-state index in [0.717, 1.165) is 8.09 Å². The van der Waals surface area contributed by atoms with Gasteiger partial charge in [0.25, 0.3) is 15.7 Å². The van der Waals surface area contributed by atoms with Gasteiger partial charge in [0.1, 0.15) is 4.90 Å². The predicted octanol–water partition coefficient (Wildman–Crippen LogP) is 3.55. The van der Waals surface area contributed by atoms with Crippen molar-refractivity contribution in [1.29, 1.82) is 0 Å². The van der Waals surface area contributed by atoms with E-state index in [2.05, 4.69) is 15.9 Å². The molecule has 0 amide bonds. The van der Waals surface area contributed by atoms with E-state index in [-0.39, 0.29) is 10.6 Å². The Morgan fingerprint density at radius 2 is 1.86 bits per heavy atom. The number of sulfonamides is 1. The van der Waals surface area contributed by atoms with Gasteiger partial charge in [-0.3, -0.25) is 14.4 Å². The SMILES string of the molecule is Cc1sc(Br)cc1S(=O)(=O)N(C)c1ccc([N+](=O)[O-])cc1. The maximum atomic E-state index is 12.6. The first-order valence-electron chi connectivity index (χ1n) is 5.73. The maximum Gasteiger partial charge on any atom is 0.269 e. The van der Waals surface area contributed by atoms with Crippen LogP contribution >= 0.6 is 27.3 Å². The van der Waals surface area contributed by atoms with Gasteiger partial charge in [-0.15, -0.1) is 11.3 Å². The van der Waals surface area contributed by atoms with Gasteiger partial charge < -0.3 is 0 Å². The zero-order valence-electron chi connectivity index (χ0n) is 11.1. The van der Waals surface area contributed by atoms with Crippen molar-refractivity contribution in [1.82, 2.24) is 0 Å². The average Bonchev–Trinajstić information content (AvgIpc) is 2.77. The van der Waals surface area contributed by atoms with Crippen LogP contribution in [-0.2, 0) is 10.0 Å². The van der Waals surface area contributed by atoms with Gasteiger partial charge in [-0.05, 0) is 41.1 Å². The molecule has 2 aromatic rings. The normalized spacial score (nSPS) is 11.4. The summed E-state index contributed by atoms with van der Waals surface area (Å²) in [5.41, 5.74) is 0.279. The maximum absolute atomic E-state index is 12.6. The quantitative estimate of drug-likeness (QED) is 0.590. The lowest BCUT2D eigenvalue weighted by Gasteiger charge is -2.19. The van der Waals surface area contributed by atoms with Gasteiger partial charge in [0.15, 0.2) is 0 Å². The molecule has 0 unspecified atom stereocenters. The average molecular weight is 391 g/mol. The van der Waals surface area contributed by atoms with Crippen molar-refractivity contribution in [3.8, 4) is 0 Å². The molecule has 2 rings (SSSR count). The van der Waals surface area contributed by atoms with E-state index in [4.69, 9.17) is 0 Å². The van der Waals surface area contributed by atoms with E-state index in [1.54, 1.807) is 13.0 Å². The van der Waals surface area contributed by atoms with E-state index >= 15 is 0 Å².